The van der Waals surface area contributed by atoms with Crippen molar-refractivity contribution >= 4 is 5.91 Å². The molecule has 0 atom stereocenters. The van der Waals surface area contributed by atoms with Crippen LogP contribution in [-0.4, -0.2) is 52.1 Å². The molecule has 0 saturated carbocycles. The van der Waals surface area contributed by atoms with Crippen molar-refractivity contribution in [3.05, 3.63) is 0 Å². The maximum atomic E-state index is 11.1. The fourth-order valence-electron chi connectivity index (χ4n) is 1.37. The average molecular weight is 275 g/mol. The monoisotopic (exact) mass is 275 g/mol. The molecule has 1 amide bonds. The van der Waals surface area contributed by atoms with Crippen molar-refractivity contribution in [2.24, 2.45) is 0 Å². The third kappa shape index (κ3) is 15.3. The van der Waals surface area contributed by atoms with Crippen LogP contribution in [0.25, 0.3) is 0 Å². The van der Waals surface area contributed by atoms with Gasteiger partial charge < -0.3 is 19.5 Å². The molecule has 0 aromatic carbocycles. The van der Waals surface area contributed by atoms with E-state index >= 15 is 0 Å². The van der Waals surface area contributed by atoms with Gasteiger partial charge in [0, 0.05) is 19.6 Å². The molecule has 114 valence electrons. The molecule has 5 nitrogen and oxygen atoms in total. The quantitative estimate of drug-likeness (QED) is 0.491. The molecule has 5 heteroatoms. The van der Waals surface area contributed by atoms with Gasteiger partial charge >= 0.3 is 0 Å². The van der Waals surface area contributed by atoms with Crippen LogP contribution in [0.3, 0.4) is 0 Å². The first-order chi connectivity index (χ1) is 9.31. The number of rotatable bonds is 14. The zero-order valence-electron chi connectivity index (χ0n) is 12.4. The Morgan fingerprint density at radius 2 is 1.42 bits per heavy atom. The van der Waals surface area contributed by atoms with Crippen molar-refractivity contribution in [2.75, 3.05) is 46.2 Å². The molecule has 0 aromatic heterocycles. The summed E-state index contributed by atoms with van der Waals surface area (Å²) in [6.07, 6.45) is 3.72. The second-order valence-corrected chi connectivity index (χ2v) is 4.29. The van der Waals surface area contributed by atoms with Gasteiger partial charge in [-0.25, -0.2) is 0 Å². The van der Waals surface area contributed by atoms with Gasteiger partial charge in [0.15, 0.2) is 0 Å². The van der Waals surface area contributed by atoms with Crippen molar-refractivity contribution in [1.82, 2.24) is 5.32 Å². The standard InChI is InChI=1S/C14H29NO4/c1-3-5-8-17-10-12-19-13-11-18-9-7-15-14(16)6-4-2/h3-13H2,1-2H3,(H,15,16). The Morgan fingerprint density at radius 1 is 0.842 bits per heavy atom. The third-order valence-corrected chi connectivity index (χ3v) is 2.43. The van der Waals surface area contributed by atoms with Crippen LogP contribution in [0.4, 0.5) is 0 Å². The lowest BCUT2D eigenvalue weighted by Crippen LogP contribution is -2.27. The molecular formula is C14H29NO4. The van der Waals surface area contributed by atoms with Crippen molar-refractivity contribution in [1.29, 1.82) is 0 Å². The van der Waals surface area contributed by atoms with Crippen LogP contribution in [0.15, 0.2) is 0 Å². The van der Waals surface area contributed by atoms with Crippen LogP contribution >= 0.6 is 0 Å². The van der Waals surface area contributed by atoms with Crippen LogP contribution in [0.5, 0.6) is 0 Å². The van der Waals surface area contributed by atoms with Crippen molar-refractivity contribution in [2.45, 2.75) is 39.5 Å². The highest BCUT2D eigenvalue weighted by atomic mass is 16.5. The van der Waals surface area contributed by atoms with Gasteiger partial charge in [-0.05, 0) is 12.8 Å². The first-order valence-electron chi connectivity index (χ1n) is 7.31. The number of ether oxygens (including phenoxy) is 3. The Hall–Kier alpha value is -0.650. The van der Waals surface area contributed by atoms with Crippen LogP contribution in [0.1, 0.15) is 39.5 Å². The summed E-state index contributed by atoms with van der Waals surface area (Å²) in [5.41, 5.74) is 0. The molecule has 19 heavy (non-hydrogen) atoms. The van der Waals surface area contributed by atoms with E-state index in [9.17, 15) is 4.79 Å². The smallest absolute Gasteiger partial charge is 0.220 e. The lowest BCUT2D eigenvalue weighted by atomic mass is 10.3. The third-order valence-electron chi connectivity index (χ3n) is 2.43. The zero-order valence-corrected chi connectivity index (χ0v) is 12.4. The minimum atomic E-state index is 0.0894. The Labute approximate surface area is 117 Å². The van der Waals surface area contributed by atoms with Gasteiger partial charge in [0.1, 0.15) is 0 Å². The number of unbranched alkanes of at least 4 members (excludes halogenated alkanes) is 1. The molecule has 0 aliphatic heterocycles. The van der Waals surface area contributed by atoms with E-state index in [1.165, 1.54) is 0 Å². The molecule has 0 aliphatic carbocycles. The SMILES string of the molecule is CCCCOCCOCCOCCNC(=O)CCC. The van der Waals surface area contributed by atoms with Crippen LogP contribution in [0, 0.1) is 0 Å². The lowest BCUT2D eigenvalue weighted by molar-refractivity contribution is -0.121. The van der Waals surface area contributed by atoms with Gasteiger partial charge in [-0.1, -0.05) is 20.3 Å². The Morgan fingerprint density at radius 3 is 2.00 bits per heavy atom. The topological polar surface area (TPSA) is 56.8 Å². The highest BCUT2D eigenvalue weighted by Crippen LogP contribution is 1.88. The molecule has 0 spiro atoms. The second-order valence-electron chi connectivity index (χ2n) is 4.29. The van der Waals surface area contributed by atoms with E-state index in [-0.39, 0.29) is 5.91 Å². The van der Waals surface area contributed by atoms with Gasteiger partial charge in [0.25, 0.3) is 0 Å². The molecule has 0 aliphatic rings. The highest BCUT2D eigenvalue weighted by molar-refractivity contribution is 5.75. The fraction of sp³-hybridized carbons (Fsp3) is 0.929. The van der Waals surface area contributed by atoms with Crippen molar-refractivity contribution in [3.63, 3.8) is 0 Å². The van der Waals surface area contributed by atoms with Crippen molar-refractivity contribution < 1.29 is 19.0 Å². The Bertz CT molecular complexity index is 200. The van der Waals surface area contributed by atoms with E-state index in [2.05, 4.69) is 12.2 Å². The Kier molecular flexibility index (Phi) is 14.9. The summed E-state index contributed by atoms with van der Waals surface area (Å²) >= 11 is 0. The number of hydrogen-bond acceptors (Lipinski definition) is 4. The maximum absolute atomic E-state index is 11.1. The van der Waals surface area contributed by atoms with Crippen LogP contribution in [-0.2, 0) is 19.0 Å². The molecule has 0 heterocycles. The number of nitrogens with one attached hydrogen (secondary N) is 1. The summed E-state index contributed by atoms with van der Waals surface area (Å²) in [7, 11) is 0. The zero-order chi connectivity index (χ0) is 14.2. The van der Waals surface area contributed by atoms with Gasteiger partial charge in [-0.2, -0.15) is 0 Å². The molecular weight excluding hydrogens is 246 g/mol. The molecule has 0 radical (unpaired) electrons. The van der Waals surface area contributed by atoms with Crippen LogP contribution < -0.4 is 5.32 Å². The predicted octanol–water partition coefficient (Wildman–Crippen LogP) is 1.75. The van der Waals surface area contributed by atoms with Gasteiger partial charge in [0.2, 0.25) is 5.91 Å². The largest absolute Gasteiger partial charge is 0.379 e. The minimum absolute atomic E-state index is 0.0894. The van der Waals surface area contributed by atoms with E-state index < -0.39 is 0 Å². The highest BCUT2D eigenvalue weighted by Gasteiger charge is 1.97. The minimum Gasteiger partial charge on any atom is -0.379 e. The average Bonchev–Trinajstić information content (AvgIpc) is 2.40. The number of carbonyl (C=O) groups excluding carboxylic acids is 1. The summed E-state index contributed by atoms with van der Waals surface area (Å²) in [5.74, 6) is 0.0894. The molecule has 0 bridgehead atoms. The van der Waals surface area contributed by atoms with Gasteiger partial charge in [-0.15, -0.1) is 0 Å². The maximum Gasteiger partial charge on any atom is 0.220 e. The second kappa shape index (κ2) is 15.4. The number of hydrogen-bond donors (Lipinski definition) is 1. The predicted molar refractivity (Wildman–Crippen MR) is 75.3 cm³/mol. The molecule has 0 aromatic rings. The molecule has 0 saturated heterocycles. The number of carbonyl (C=O) groups is 1. The summed E-state index contributed by atoms with van der Waals surface area (Å²) in [6, 6.07) is 0. The fourth-order valence-corrected chi connectivity index (χ4v) is 1.37. The van der Waals surface area contributed by atoms with E-state index in [4.69, 9.17) is 14.2 Å². The molecule has 0 rings (SSSR count). The van der Waals surface area contributed by atoms with E-state index in [1.807, 2.05) is 6.92 Å². The normalized spacial score (nSPS) is 10.6. The lowest BCUT2D eigenvalue weighted by Gasteiger charge is -2.07. The molecule has 0 fully saturated rings. The van der Waals surface area contributed by atoms with Gasteiger partial charge in [0.05, 0.1) is 33.0 Å². The summed E-state index contributed by atoms with van der Waals surface area (Å²) < 4.78 is 16.0. The summed E-state index contributed by atoms with van der Waals surface area (Å²) in [5, 5.41) is 2.79. The summed E-state index contributed by atoms with van der Waals surface area (Å²) in [6.45, 7) is 8.42. The first kappa shape index (κ1) is 18.4. The van der Waals surface area contributed by atoms with E-state index in [0.29, 0.717) is 46.0 Å². The molecule has 0 unspecified atom stereocenters. The van der Waals surface area contributed by atoms with Gasteiger partial charge in [-0.3, -0.25) is 4.79 Å². The first-order valence-corrected chi connectivity index (χ1v) is 7.31. The molecule has 1 N–H and O–H groups in total. The number of amides is 1. The van der Waals surface area contributed by atoms with Crippen LogP contribution in [0.2, 0.25) is 0 Å². The van der Waals surface area contributed by atoms with Crippen molar-refractivity contribution in [3.8, 4) is 0 Å². The van der Waals surface area contributed by atoms with E-state index in [0.717, 1.165) is 25.9 Å². The summed E-state index contributed by atoms with van der Waals surface area (Å²) in [4.78, 5) is 11.1. The van der Waals surface area contributed by atoms with E-state index in [1.54, 1.807) is 0 Å². The Balaban J connectivity index is 3.01.